The number of aromatic nitrogens is 3. The number of hydrogen-bond acceptors (Lipinski definition) is 10. The van der Waals surface area contributed by atoms with Gasteiger partial charge in [-0.15, -0.1) is 0 Å². The Morgan fingerprint density at radius 1 is 0.936 bits per heavy atom. The molecule has 0 bridgehead atoms. The van der Waals surface area contributed by atoms with Crippen molar-refractivity contribution in [3.8, 4) is 11.4 Å². The van der Waals surface area contributed by atoms with Gasteiger partial charge in [0, 0.05) is 69.0 Å². The van der Waals surface area contributed by atoms with Crippen LogP contribution in [0.5, 0.6) is 0 Å². The minimum Gasteiger partial charge on any atom is -0.381 e. The fourth-order valence-corrected chi connectivity index (χ4v) is 8.20. The van der Waals surface area contributed by atoms with E-state index in [0.717, 1.165) is 37.2 Å². The third-order valence-electron chi connectivity index (χ3n) is 10.8. The highest BCUT2D eigenvalue weighted by Crippen LogP contribution is 2.41. The molecule has 2 aromatic heterocycles. The average molecular weight is 640 g/mol. The van der Waals surface area contributed by atoms with Crippen molar-refractivity contribution in [1.29, 1.82) is 0 Å². The lowest BCUT2D eigenvalue weighted by atomic mass is 9.72. The van der Waals surface area contributed by atoms with Crippen molar-refractivity contribution < 1.29 is 9.53 Å². The molecule has 4 aliphatic heterocycles. The van der Waals surface area contributed by atoms with E-state index in [4.69, 9.17) is 20.4 Å². The van der Waals surface area contributed by atoms with Crippen LogP contribution in [0.2, 0.25) is 0 Å². The number of primary amides is 1. The standard InChI is InChI=1S/C36H49N9O2/c1-24-5-4-14-38-30(24)31-34(39-26-10-19-47-20-11-26)42-35(32(41-31)33(37)46)40-27-6-7-29(25(2)21-27)45-15-8-28(9-16-45)44-17-12-36(13-18-44)22-43(3)23-36/h4-7,14,21,26,28H,8-13,15-20,22-23H2,1-3H3,(H2,37,46)(H2,39,40,42). The van der Waals surface area contributed by atoms with Gasteiger partial charge in [-0.1, -0.05) is 6.07 Å². The molecule has 1 aromatic carbocycles. The SMILES string of the molecule is Cc1cc(Nc2nc(NC3CCOCC3)c(-c3ncccc3C)nc2C(N)=O)ccc1N1CCC(N2CCC3(CC2)CN(C)C3)CC1. The van der Waals surface area contributed by atoms with Crippen LogP contribution in [0.25, 0.3) is 11.4 Å². The predicted molar refractivity (Wildman–Crippen MR) is 186 cm³/mol. The van der Waals surface area contributed by atoms with Crippen molar-refractivity contribution in [1.82, 2.24) is 24.8 Å². The first-order valence-corrected chi connectivity index (χ1v) is 17.3. The number of nitrogens with two attached hydrogens (primary N) is 1. The normalized spacial score (nSPS) is 21.0. The third-order valence-corrected chi connectivity index (χ3v) is 10.8. The summed E-state index contributed by atoms with van der Waals surface area (Å²) in [6.07, 6.45) is 8.55. The smallest absolute Gasteiger partial charge is 0.271 e. The lowest BCUT2D eigenvalue weighted by Gasteiger charge is -2.54. The Kier molecular flexibility index (Phi) is 9.04. The molecule has 4 aliphatic rings. The Hall–Kier alpha value is -3.80. The summed E-state index contributed by atoms with van der Waals surface area (Å²) >= 11 is 0. The fraction of sp³-hybridized carbons (Fsp3) is 0.556. The molecule has 7 rings (SSSR count). The number of benzene rings is 1. The fourth-order valence-electron chi connectivity index (χ4n) is 8.20. The number of carbonyl (C=O) groups excluding carboxylic acids is 1. The predicted octanol–water partition coefficient (Wildman–Crippen LogP) is 4.59. The Balaban J connectivity index is 1.06. The van der Waals surface area contributed by atoms with Crippen LogP contribution in [0.4, 0.5) is 23.0 Å². The molecule has 0 aliphatic carbocycles. The summed E-state index contributed by atoms with van der Waals surface area (Å²) in [4.78, 5) is 34.8. The summed E-state index contributed by atoms with van der Waals surface area (Å²) in [6.45, 7) is 12.7. The van der Waals surface area contributed by atoms with Crippen LogP contribution in [0, 0.1) is 19.3 Å². The van der Waals surface area contributed by atoms with Crippen LogP contribution in [0.1, 0.15) is 60.1 Å². The van der Waals surface area contributed by atoms with Gasteiger partial charge in [0.1, 0.15) is 5.69 Å². The summed E-state index contributed by atoms with van der Waals surface area (Å²) in [5.41, 5.74) is 12.0. The second kappa shape index (κ2) is 13.4. The van der Waals surface area contributed by atoms with Crippen molar-refractivity contribution in [2.45, 2.75) is 64.5 Å². The summed E-state index contributed by atoms with van der Waals surface area (Å²) in [5.74, 6) is 0.257. The minimum atomic E-state index is -0.646. The molecular formula is C36H49N9O2. The molecule has 6 heterocycles. The molecule has 4 N–H and O–H groups in total. The van der Waals surface area contributed by atoms with Crippen LogP contribution in [-0.4, -0.2) is 102 Å². The van der Waals surface area contributed by atoms with Crippen molar-refractivity contribution in [2.24, 2.45) is 11.1 Å². The maximum absolute atomic E-state index is 12.7. The number of aryl methyl sites for hydroxylation is 2. The Morgan fingerprint density at radius 3 is 2.34 bits per heavy atom. The van der Waals surface area contributed by atoms with Crippen molar-refractivity contribution >= 4 is 28.9 Å². The molecule has 4 saturated heterocycles. The van der Waals surface area contributed by atoms with Gasteiger partial charge in [0.15, 0.2) is 17.3 Å². The van der Waals surface area contributed by atoms with E-state index in [0.29, 0.717) is 47.7 Å². The average Bonchev–Trinajstić information content (AvgIpc) is 3.06. The number of hydrogen-bond donors (Lipinski definition) is 3. The van der Waals surface area contributed by atoms with Gasteiger partial charge in [-0.25, -0.2) is 9.97 Å². The lowest BCUT2D eigenvalue weighted by Crippen LogP contribution is -2.60. The van der Waals surface area contributed by atoms with E-state index >= 15 is 0 Å². The molecule has 3 aromatic rings. The molecule has 47 heavy (non-hydrogen) atoms. The molecule has 0 atom stereocenters. The van der Waals surface area contributed by atoms with Crippen molar-refractivity contribution in [3.63, 3.8) is 0 Å². The van der Waals surface area contributed by atoms with Gasteiger partial charge in [0.2, 0.25) is 0 Å². The number of ether oxygens (including phenoxy) is 1. The Morgan fingerprint density at radius 2 is 1.68 bits per heavy atom. The molecule has 0 radical (unpaired) electrons. The second-order valence-corrected chi connectivity index (χ2v) is 14.2. The maximum Gasteiger partial charge on any atom is 0.271 e. The van der Waals surface area contributed by atoms with Crippen LogP contribution in [0.3, 0.4) is 0 Å². The number of anilines is 4. The molecule has 11 heteroatoms. The molecule has 1 spiro atoms. The van der Waals surface area contributed by atoms with E-state index in [1.165, 1.54) is 63.1 Å². The van der Waals surface area contributed by atoms with Crippen molar-refractivity contribution in [3.05, 3.63) is 53.3 Å². The van der Waals surface area contributed by atoms with Gasteiger partial charge in [-0.05, 0) is 113 Å². The van der Waals surface area contributed by atoms with E-state index in [1.807, 2.05) is 19.1 Å². The zero-order chi connectivity index (χ0) is 32.5. The molecular weight excluding hydrogens is 590 g/mol. The highest BCUT2D eigenvalue weighted by Gasteiger charge is 2.44. The first-order valence-electron chi connectivity index (χ1n) is 17.3. The van der Waals surface area contributed by atoms with Gasteiger partial charge >= 0.3 is 0 Å². The molecule has 1 amide bonds. The van der Waals surface area contributed by atoms with Crippen LogP contribution in [0.15, 0.2) is 36.5 Å². The number of nitrogens with one attached hydrogen (secondary N) is 2. The van der Waals surface area contributed by atoms with Crippen LogP contribution < -0.4 is 21.3 Å². The molecule has 0 saturated carbocycles. The van der Waals surface area contributed by atoms with Crippen LogP contribution >= 0.6 is 0 Å². The zero-order valence-electron chi connectivity index (χ0n) is 28.1. The number of likely N-dealkylation sites (tertiary alicyclic amines) is 2. The monoisotopic (exact) mass is 639 g/mol. The van der Waals surface area contributed by atoms with E-state index in [2.05, 4.69) is 62.5 Å². The van der Waals surface area contributed by atoms with Gasteiger partial charge in [0.25, 0.3) is 5.91 Å². The Bertz CT molecular complexity index is 1580. The van der Waals surface area contributed by atoms with E-state index < -0.39 is 5.91 Å². The molecule has 4 fully saturated rings. The first-order chi connectivity index (χ1) is 22.8. The molecule has 250 valence electrons. The molecule has 11 nitrogen and oxygen atoms in total. The second-order valence-electron chi connectivity index (χ2n) is 14.2. The zero-order valence-corrected chi connectivity index (χ0v) is 28.1. The lowest BCUT2D eigenvalue weighted by molar-refractivity contribution is -0.0419. The highest BCUT2D eigenvalue weighted by atomic mass is 16.5. The third kappa shape index (κ3) is 6.79. The van der Waals surface area contributed by atoms with E-state index in [9.17, 15) is 4.79 Å². The van der Waals surface area contributed by atoms with Gasteiger partial charge < -0.3 is 35.8 Å². The van der Waals surface area contributed by atoms with Gasteiger partial charge in [0.05, 0.1) is 5.69 Å². The number of amides is 1. The molecule has 0 unspecified atom stereocenters. The number of pyridine rings is 1. The number of nitrogens with zero attached hydrogens (tertiary/aromatic N) is 6. The van der Waals surface area contributed by atoms with Crippen molar-refractivity contribution in [2.75, 3.05) is 75.1 Å². The number of piperidine rings is 2. The van der Waals surface area contributed by atoms with Crippen LogP contribution in [-0.2, 0) is 4.74 Å². The maximum atomic E-state index is 12.7. The first kappa shape index (κ1) is 31.8. The Labute approximate surface area is 278 Å². The topological polar surface area (TPSA) is 125 Å². The summed E-state index contributed by atoms with van der Waals surface area (Å²) in [6, 6.07) is 11.1. The van der Waals surface area contributed by atoms with Gasteiger partial charge in [-0.3, -0.25) is 9.78 Å². The summed E-state index contributed by atoms with van der Waals surface area (Å²) in [5, 5.41) is 6.95. The summed E-state index contributed by atoms with van der Waals surface area (Å²) < 4.78 is 5.57. The summed E-state index contributed by atoms with van der Waals surface area (Å²) in [7, 11) is 2.24. The number of carbonyl (C=O) groups is 1. The van der Waals surface area contributed by atoms with E-state index in [-0.39, 0.29) is 11.7 Å². The van der Waals surface area contributed by atoms with E-state index in [1.54, 1.807) is 6.20 Å². The number of rotatable bonds is 8. The quantitative estimate of drug-likeness (QED) is 0.323. The van der Waals surface area contributed by atoms with Gasteiger partial charge in [-0.2, -0.15) is 0 Å². The minimum absolute atomic E-state index is 0.0827. The largest absolute Gasteiger partial charge is 0.381 e. The highest BCUT2D eigenvalue weighted by molar-refractivity contribution is 5.97.